The predicted octanol–water partition coefficient (Wildman–Crippen LogP) is 1.41. The van der Waals surface area contributed by atoms with Gasteiger partial charge in [0.05, 0.1) is 32.3 Å². The van der Waals surface area contributed by atoms with Gasteiger partial charge in [-0.15, -0.1) is 0 Å². The number of carbonyl (C=O) groups is 4. The van der Waals surface area contributed by atoms with Crippen molar-refractivity contribution in [1.29, 1.82) is 0 Å². The molecule has 0 radical (unpaired) electrons. The van der Waals surface area contributed by atoms with Gasteiger partial charge in [-0.1, -0.05) is 12.1 Å². The molecule has 0 aliphatic heterocycles. The SMILES string of the molecule is CCOCCOCCC(=O)Nc1cccc(C=O)c1CN(C)C(C=O)CCC(=O)NC. The molecule has 1 aromatic rings. The van der Waals surface area contributed by atoms with E-state index in [-0.39, 0.29) is 37.8 Å². The van der Waals surface area contributed by atoms with E-state index in [2.05, 4.69) is 10.6 Å². The number of aldehydes is 2. The van der Waals surface area contributed by atoms with E-state index in [0.29, 0.717) is 43.1 Å². The van der Waals surface area contributed by atoms with Crippen LogP contribution in [0.5, 0.6) is 0 Å². The van der Waals surface area contributed by atoms with Crippen LogP contribution in [0.4, 0.5) is 5.69 Å². The fourth-order valence-electron chi connectivity index (χ4n) is 2.91. The Labute approximate surface area is 183 Å². The Bertz CT molecular complexity index is 725. The fourth-order valence-corrected chi connectivity index (χ4v) is 2.91. The molecule has 9 heteroatoms. The molecule has 0 fully saturated rings. The molecule has 31 heavy (non-hydrogen) atoms. The highest BCUT2D eigenvalue weighted by atomic mass is 16.5. The van der Waals surface area contributed by atoms with E-state index in [1.165, 1.54) is 0 Å². The van der Waals surface area contributed by atoms with Gasteiger partial charge in [-0.3, -0.25) is 19.3 Å². The van der Waals surface area contributed by atoms with Crippen LogP contribution in [-0.4, -0.2) is 75.9 Å². The van der Waals surface area contributed by atoms with Gasteiger partial charge in [-0.05, 0) is 26.5 Å². The molecule has 0 spiro atoms. The summed E-state index contributed by atoms with van der Waals surface area (Å²) < 4.78 is 10.5. The van der Waals surface area contributed by atoms with Gasteiger partial charge in [0, 0.05) is 43.4 Å². The Morgan fingerprint density at radius 3 is 2.48 bits per heavy atom. The predicted molar refractivity (Wildman–Crippen MR) is 117 cm³/mol. The first-order valence-corrected chi connectivity index (χ1v) is 10.3. The molecule has 1 atom stereocenters. The van der Waals surface area contributed by atoms with E-state index in [1.54, 1.807) is 37.2 Å². The van der Waals surface area contributed by atoms with Crippen molar-refractivity contribution in [3.05, 3.63) is 29.3 Å². The lowest BCUT2D eigenvalue weighted by atomic mass is 10.0. The third-order valence-electron chi connectivity index (χ3n) is 4.74. The highest BCUT2D eigenvalue weighted by Crippen LogP contribution is 2.22. The van der Waals surface area contributed by atoms with Crippen molar-refractivity contribution in [2.45, 2.75) is 38.8 Å². The number of nitrogens with zero attached hydrogens (tertiary/aromatic N) is 1. The summed E-state index contributed by atoms with van der Waals surface area (Å²) in [6.45, 7) is 3.93. The maximum atomic E-state index is 12.3. The number of carbonyl (C=O) groups excluding carboxylic acids is 4. The molecule has 0 saturated heterocycles. The van der Waals surface area contributed by atoms with Gasteiger partial charge in [0.2, 0.25) is 11.8 Å². The summed E-state index contributed by atoms with van der Waals surface area (Å²) in [6, 6.07) is 4.55. The van der Waals surface area contributed by atoms with Crippen LogP contribution in [0.15, 0.2) is 18.2 Å². The lowest BCUT2D eigenvalue weighted by Crippen LogP contribution is -2.34. The van der Waals surface area contributed by atoms with Gasteiger partial charge in [-0.2, -0.15) is 0 Å². The molecule has 1 unspecified atom stereocenters. The lowest BCUT2D eigenvalue weighted by molar-refractivity contribution is -0.121. The minimum atomic E-state index is -0.501. The number of anilines is 1. The minimum Gasteiger partial charge on any atom is -0.379 e. The normalized spacial score (nSPS) is 11.7. The Hall–Kier alpha value is -2.62. The third kappa shape index (κ3) is 9.82. The molecule has 2 amide bonds. The van der Waals surface area contributed by atoms with Gasteiger partial charge < -0.3 is 24.9 Å². The first-order chi connectivity index (χ1) is 15.0. The summed E-state index contributed by atoms with van der Waals surface area (Å²) in [5, 5.41) is 5.35. The van der Waals surface area contributed by atoms with Crippen LogP contribution in [0, 0.1) is 0 Å². The van der Waals surface area contributed by atoms with Crippen molar-refractivity contribution >= 4 is 30.1 Å². The van der Waals surface area contributed by atoms with Gasteiger partial charge in [0.15, 0.2) is 0 Å². The second-order valence-corrected chi connectivity index (χ2v) is 6.93. The van der Waals surface area contributed by atoms with Crippen molar-refractivity contribution < 1.29 is 28.7 Å². The van der Waals surface area contributed by atoms with E-state index >= 15 is 0 Å². The molecule has 172 valence electrons. The molecule has 0 bridgehead atoms. The van der Waals surface area contributed by atoms with Crippen molar-refractivity contribution in [3.8, 4) is 0 Å². The topological polar surface area (TPSA) is 114 Å². The number of nitrogens with one attached hydrogen (secondary N) is 2. The maximum Gasteiger partial charge on any atom is 0.226 e. The van der Waals surface area contributed by atoms with Crippen molar-refractivity contribution in [2.75, 3.05) is 45.8 Å². The van der Waals surface area contributed by atoms with E-state index < -0.39 is 6.04 Å². The largest absolute Gasteiger partial charge is 0.379 e. The third-order valence-corrected chi connectivity index (χ3v) is 4.74. The minimum absolute atomic E-state index is 0.148. The van der Waals surface area contributed by atoms with Crippen molar-refractivity contribution in [1.82, 2.24) is 10.2 Å². The lowest BCUT2D eigenvalue weighted by Gasteiger charge is -2.25. The summed E-state index contributed by atoms with van der Waals surface area (Å²) in [4.78, 5) is 48.6. The summed E-state index contributed by atoms with van der Waals surface area (Å²) in [5.41, 5.74) is 1.54. The van der Waals surface area contributed by atoms with Gasteiger partial charge >= 0.3 is 0 Å². The molecule has 0 aliphatic carbocycles. The van der Waals surface area contributed by atoms with Crippen LogP contribution >= 0.6 is 0 Å². The summed E-state index contributed by atoms with van der Waals surface area (Å²) in [7, 11) is 3.28. The van der Waals surface area contributed by atoms with Crippen molar-refractivity contribution in [3.63, 3.8) is 0 Å². The molecular weight excluding hydrogens is 402 g/mol. The maximum absolute atomic E-state index is 12.3. The fraction of sp³-hybridized carbons (Fsp3) is 0.545. The van der Waals surface area contributed by atoms with Crippen LogP contribution in [0.3, 0.4) is 0 Å². The van der Waals surface area contributed by atoms with Gasteiger partial charge in [0.1, 0.15) is 12.6 Å². The number of ether oxygens (including phenoxy) is 2. The van der Waals surface area contributed by atoms with E-state index in [4.69, 9.17) is 9.47 Å². The monoisotopic (exact) mass is 435 g/mol. The Kier molecular flexibility index (Phi) is 13.0. The smallest absolute Gasteiger partial charge is 0.226 e. The number of amides is 2. The number of hydrogen-bond donors (Lipinski definition) is 2. The zero-order valence-electron chi connectivity index (χ0n) is 18.5. The molecule has 2 N–H and O–H groups in total. The number of rotatable bonds is 16. The zero-order valence-corrected chi connectivity index (χ0v) is 18.5. The summed E-state index contributed by atoms with van der Waals surface area (Å²) >= 11 is 0. The second-order valence-electron chi connectivity index (χ2n) is 6.93. The average Bonchev–Trinajstić information content (AvgIpc) is 2.77. The van der Waals surface area contributed by atoms with Crippen LogP contribution < -0.4 is 10.6 Å². The van der Waals surface area contributed by atoms with E-state index in [9.17, 15) is 19.2 Å². The average molecular weight is 436 g/mol. The van der Waals surface area contributed by atoms with E-state index in [0.717, 1.165) is 12.6 Å². The molecule has 0 aliphatic rings. The second kappa shape index (κ2) is 15.2. The van der Waals surface area contributed by atoms with Crippen molar-refractivity contribution in [2.24, 2.45) is 0 Å². The first kappa shape index (κ1) is 26.4. The van der Waals surface area contributed by atoms with Gasteiger partial charge in [0.25, 0.3) is 0 Å². The molecule has 0 saturated carbocycles. The molecule has 1 aromatic carbocycles. The highest BCUT2D eigenvalue weighted by molar-refractivity contribution is 5.93. The number of likely N-dealkylation sites (N-methyl/N-ethyl adjacent to an activating group) is 1. The van der Waals surface area contributed by atoms with Crippen LogP contribution in [0.25, 0.3) is 0 Å². The Morgan fingerprint density at radius 2 is 1.84 bits per heavy atom. The van der Waals surface area contributed by atoms with Crippen LogP contribution in [0.2, 0.25) is 0 Å². The standard InChI is InChI=1S/C22H33N3O6/c1-4-30-12-13-31-11-10-22(29)24-20-7-5-6-17(15-26)19(20)14-25(3)18(16-27)8-9-21(28)23-2/h5-7,15-16,18H,4,8-14H2,1-3H3,(H,23,28)(H,24,29). The van der Waals surface area contributed by atoms with Crippen LogP contribution in [-0.2, 0) is 30.4 Å². The quantitative estimate of drug-likeness (QED) is 0.298. The molecule has 1 rings (SSSR count). The summed E-state index contributed by atoms with van der Waals surface area (Å²) in [5.74, 6) is -0.389. The van der Waals surface area contributed by atoms with Crippen LogP contribution in [0.1, 0.15) is 42.1 Å². The molecular formula is C22H33N3O6. The highest BCUT2D eigenvalue weighted by Gasteiger charge is 2.19. The number of hydrogen-bond acceptors (Lipinski definition) is 7. The van der Waals surface area contributed by atoms with E-state index in [1.807, 2.05) is 6.92 Å². The molecule has 9 nitrogen and oxygen atoms in total. The Morgan fingerprint density at radius 1 is 1.10 bits per heavy atom. The number of benzene rings is 1. The zero-order chi connectivity index (χ0) is 23.1. The Balaban J connectivity index is 2.77. The summed E-state index contributed by atoms with van der Waals surface area (Å²) in [6.07, 6.45) is 2.23. The molecule has 0 aromatic heterocycles. The first-order valence-electron chi connectivity index (χ1n) is 10.3. The van der Waals surface area contributed by atoms with Gasteiger partial charge in [-0.25, -0.2) is 0 Å². The molecule has 0 heterocycles.